The molecule has 1 saturated carbocycles. The second kappa shape index (κ2) is 64.7. The van der Waals surface area contributed by atoms with Gasteiger partial charge in [-0.05, 0) is 12.8 Å². The Kier molecular flexibility index (Phi) is 139. The van der Waals surface area contributed by atoms with Gasteiger partial charge in [0, 0.05) is 432 Å². The number of nitrogens with zero attached hydrogens (tertiary/aromatic N) is 4. The van der Waals surface area contributed by atoms with E-state index < -0.39 is 0 Å². The van der Waals surface area contributed by atoms with Crippen LogP contribution in [0.5, 0.6) is 0 Å². The van der Waals surface area contributed by atoms with E-state index in [9.17, 15) is 0 Å². The van der Waals surface area contributed by atoms with Crippen molar-refractivity contribution in [1.29, 1.82) is 0 Å². The second-order valence-corrected chi connectivity index (χ2v) is 7.68. The number of aromatic nitrogens is 4. The summed E-state index contributed by atoms with van der Waals surface area (Å²) in [5.41, 5.74) is 4.41. The molecule has 17 heteroatoms. The molecule has 1 aliphatic carbocycles. The van der Waals surface area contributed by atoms with Crippen LogP contribution in [0.3, 0.4) is 0 Å². The predicted molar refractivity (Wildman–Crippen MR) is 119 cm³/mol. The summed E-state index contributed by atoms with van der Waals surface area (Å²) < 4.78 is 1.73. The van der Waals surface area contributed by atoms with Gasteiger partial charge in [-0.3, -0.25) is 0 Å². The number of pyridine rings is 2. The van der Waals surface area contributed by atoms with E-state index in [4.69, 9.17) is 0 Å². The Labute approximate surface area is 585 Å². The Morgan fingerprint density at radius 3 is 1.40 bits per heavy atom. The molecule has 13 radical (unpaired) electrons. The summed E-state index contributed by atoms with van der Waals surface area (Å²) in [5, 5.41) is 3.81. The second-order valence-electron chi connectivity index (χ2n) is 7.68. The van der Waals surface area contributed by atoms with E-state index in [1.165, 1.54) is 37.7 Å². The van der Waals surface area contributed by atoms with Gasteiger partial charge in [0.2, 0.25) is 0 Å². The van der Waals surface area contributed by atoms with Gasteiger partial charge in [0.25, 0.3) is 0 Å². The average molecular weight is 1550 g/mol. The van der Waals surface area contributed by atoms with Gasteiger partial charge in [-0.15, -0.1) is 19.3 Å². The Hall–Kier alpha value is 11.9. The predicted octanol–water partition coefficient (Wildman–Crippen LogP) is 5.77. The van der Waals surface area contributed by atoms with Gasteiger partial charge in [-0.1, -0.05) is 77.2 Å². The molecule has 1 fully saturated rings. The summed E-state index contributed by atoms with van der Waals surface area (Å²) in [5.74, 6) is 1.04. The van der Waals surface area contributed by atoms with Crippen LogP contribution in [0.25, 0.3) is 0 Å². The van der Waals surface area contributed by atoms with Crippen molar-refractivity contribution >= 4 is 0 Å². The van der Waals surface area contributed by atoms with Gasteiger partial charge >= 0.3 is 0 Å². The summed E-state index contributed by atoms with van der Waals surface area (Å²) >= 11 is 0. The number of aryl methyl sites for hydroxylation is 5. The maximum Gasteiger partial charge on any atom is 0.00867 e. The van der Waals surface area contributed by atoms with Gasteiger partial charge in [-0.25, -0.2) is 12.1 Å². The molecule has 0 saturated heterocycles. The largest absolute Gasteiger partial charge is 0.394 e. The zero-order valence-electron chi connectivity index (χ0n) is 26.4. The van der Waals surface area contributed by atoms with Crippen LogP contribution in [-0.4, -0.2) is 19.7 Å². The summed E-state index contributed by atoms with van der Waals surface area (Å²) in [7, 11) is 1.88. The molecule has 0 N–H and O–H groups in total. The minimum absolute atomic E-state index is 0. The van der Waals surface area contributed by atoms with Crippen LogP contribution in [0.4, 0.5) is 0 Å². The van der Waals surface area contributed by atoms with Crippen molar-refractivity contribution < 1.29 is 425 Å². The maximum absolute atomic E-state index is 4.02. The fourth-order valence-electron chi connectivity index (χ4n) is 2.68. The first-order valence-electron chi connectivity index (χ1n) is 10.3. The third-order valence-corrected chi connectivity index (χ3v) is 4.41. The molecular weight excluding hydrogens is 1510 g/mol. The minimum Gasteiger partial charge on any atom is -0.394 e. The zero-order chi connectivity index (χ0) is 21.5. The van der Waals surface area contributed by atoms with Crippen LogP contribution in [-0.2, 0) is 432 Å². The molecule has 3 aromatic rings. The van der Waals surface area contributed by atoms with Crippen molar-refractivity contribution in [2.45, 2.75) is 66.7 Å². The van der Waals surface area contributed by atoms with Crippen LogP contribution in [0.1, 0.15) is 61.4 Å². The van der Waals surface area contributed by atoms with E-state index in [-0.39, 0.29) is 425 Å². The molecule has 0 aromatic carbocycles. The summed E-state index contributed by atoms with van der Waals surface area (Å²) in [4.78, 5) is 7.74. The molecule has 3 heterocycles. The van der Waals surface area contributed by atoms with Crippen LogP contribution in [0, 0.1) is 52.1 Å². The van der Waals surface area contributed by atoms with E-state index >= 15 is 0 Å². The van der Waals surface area contributed by atoms with Gasteiger partial charge in [-0.2, -0.15) is 28.8 Å². The fraction of sp³-hybridized carbons (Fsp3) is 0.480. The number of rotatable bonds is 0. The third kappa shape index (κ3) is 61.1. The normalized spacial score (nSPS) is 9.00. The van der Waals surface area contributed by atoms with Crippen molar-refractivity contribution in [3.05, 3.63) is 77.6 Å². The first kappa shape index (κ1) is 90.1. The molecule has 3 aromatic heterocycles. The van der Waals surface area contributed by atoms with Crippen molar-refractivity contribution in [1.82, 2.24) is 19.7 Å². The zero-order valence-corrected chi connectivity index (χ0v) is 63.3. The van der Waals surface area contributed by atoms with E-state index in [0.717, 1.165) is 22.7 Å². The molecule has 197 valence electrons. The topological polar surface area (TPSA) is 43.6 Å². The summed E-state index contributed by atoms with van der Waals surface area (Å²) in [6, 6.07) is 8.71. The fourth-order valence-corrected chi connectivity index (χ4v) is 2.68. The monoisotopic (exact) mass is 1550 g/mol. The molecule has 4 nitrogen and oxygen atoms in total. The molecule has 0 spiro atoms. The Bertz CT molecular complexity index is 757. The quantitative estimate of drug-likeness (QED) is 0.269. The van der Waals surface area contributed by atoms with Gasteiger partial charge in [0.15, 0.2) is 0 Å². The number of hydrogen-bond acceptors (Lipinski definition) is 3. The Morgan fingerprint density at radius 2 is 1.21 bits per heavy atom. The first-order valence-corrected chi connectivity index (χ1v) is 10.3. The van der Waals surface area contributed by atoms with Gasteiger partial charge < -0.3 is 19.7 Å². The molecule has 0 aliphatic heterocycles. The third-order valence-electron chi connectivity index (χ3n) is 4.41. The SMILES string of the molecule is CC1CCCCC1.Cc1[c-]nn(C)c1.Cc1c[c-]c(C)nc1.Cc1c[c-]ncc1.[Y].[Y].[Y].[Y].[Y].[Y].[Y].[Y].[Y].[Y].[Y].[Y].[Y]. The van der Waals surface area contributed by atoms with Crippen LogP contribution in [0.15, 0.2) is 36.8 Å². The van der Waals surface area contributed by atoms with Gasteiger partial charge in [0.1, 0.15) is 0 Å². The van der Waals surface area contributed by atoms with E-state index in [0.29, 0.717) is 0 Å². The van der Waals surface area contributed by atoms with Crippen molar-refractivity contribution in [3.8, 4) is 0 Å². The number of hydrogen-bond donors (Lipinski definition) is 0. The minimum atomic E-state index is 0. The first-order chi connectivity index (χ1) is 13.9. The van der Waals surface area contributed by atoms with Gasteiger partial charge in [0.05, 0.1) is 0 Å². The molecule has 0 unspecified atom stereocenters. The summed E-state index contributed by atoms with van der Waals surface area (Å²) in [6.07, 6.45) is 18.4. The van der Waals surface area contributed by atoms with E-state index in [1.54, 1.807) is 10.9 Å². The molecule has 4 rings (SSSR count). The molecule has 0 bridgehead atoms. The molecule has 1 aliphatic rings. The van der Waals surface area contributed by atoms with Crippen LogP contribution in [0.2, 0.25) is 0 Å². The van der Waals surface area contributed by atoms with E-state index in [2.05, 4.69) is 40.5 Å². The van der Waals surface area contributed by atoms with Crippen molar-refractivity contribution in [3.63, 3.8) is 0 Å². The average Bonchev–Trinajstić information content (AvgIpc) is 3.10. The maximum atomic E-state index is 4.02. The Balaban J connectivity index is -0.0000000220. The van der Waals surface area contributed by atoms with Crippen molar-refractivity contribution in [2.75, 3.05) is 0 Å². The van der Waals surface area contributed by atoms with Crippen molar-refractivity contribution in [2.24, 2.45) is 13.0 Å². The van der Waals surface area contributed by atoms with Crippen LogP contribution < -0.4 is 0 Å². The molecular formula is C25H35N4Y13-3. The van der Waals surface area contributed by atoms with E-state index in [1.807, 2.05) is 65.3 Å². The molecule has 0 atom stereocenters. The summed E-state index contributed by atoms with van der Waals surface area (Å²) in [6.45, 7) is 10.3. The van der Waals surface area contributed by atoms with Crippen LogP contribution >= 0.6 is 0 Å². The standard InChI is InChI=1S/C7H8N.C7H14.C6H6N.C5H7N2.13Y/c1-6-3-4-7(2)8-5-6;1-7-5-3-2-4-6-7;1-6-2-4-7-5-3-6;1-5-3-6-7(2)4-5;;;;;;;;;;;;;/h3,5H,1-2H3;7H,2-6H2,1H3;2-4H,1H3;4H,1-2H3;;;;;;;;;;;;;/q-1;;2*-1;;;;;;;;;;;;;. The molecule has 0 amide bonds. The molecule has 42 heavy (non-hydrogen) atoms. The Morgan fingerprint density at radius 1 is 0.714 bits per heavy atom. The smallest absolute Gasteiger partial charge is 0.00867 e.